The van der Waals surface area contributed by atoms with Crippen molar-refractivity contribution in [3.63, 3.8) is 0 Å². The summed E-state index contributed by atoms with van der Waals surface area (Å²) in [6.07, 6.45) is 6.50. The molecular weight excluding hydrogens is 236 g/mol. The molecule has 1 aromatic rings. The van der Waals surface area contributed by atoms with Crippen LogP contribution in [0.3, 0.4) is 0 Å². The summed E-state index contributed by atoms with van der Waals surface area (Å²) in [6.45, 7) is 10.5. The van der Waals surface area contributed by atoms with Crippen molar-refractivity contribution in [1.82, 2.24) is 10.3 Å². The smallest absolute Gasteiger partial charge is 0.0658 e. The molecule has 1 heterocycles. The van der Waals surface area contributed by atoms with Gasteiger partial charge in [-0.3, -0.25) is 4.98 Å². The van der Waals surface area contributed by atoms with E-state index in [1.54, 1.807) is 0 Å². The van der Waals surface area contributed by atoms with Crippen LogP contribution >= 0.6 is 0 Å². The number of ether oxygens (including phenoxy) is 1. The van der Waals surface area contributed by atoms with Crippen molar-refractivity contribution in [3.8, 4) is 0 Å². The number of rotatable bonds is 6. The van der Waals surface area contributed by atoms with E-state index in [1.165, 1.54) is 11.1 Å². The normalized spacial score (nSPS) is 30.1. The Morgan fingerprint density at radius 2 is 2.26 bits per heavy atom. The van der Waals surface area contributed by atoms with E-state index in [-0.39, 0.29) is 5.41 Å². The molecular formula is C16H26N2O. The molecule has 0 amide bonds. The predicted molar refractivity (Wildman–Crippen MR) is 78.0 cm³/mol. The molecule has 1 N–H and O–H groups in total. The number of hydrogen-bond acceptors (Lipinski definition) is 3. The molecule has 1 fully saturated rings. The first-order valence-electron chi connectivity index (χ1n) is 7.36. The maximum atomic E-state index is 5.84. The van der Waals surface area contributed by atoms with Gasteiger partial charge in [0.1, 0.15) is 0 Å². The molecule has 2 rings (SSSR count). The predicted octanol–water partition coefficient (Wildman–Crippen LogP) is 3.07. The summed E-state index contributed by atoms with van der Waals surface area (Å²) < 4.78 is 5.84. The summed E-state index contributed by atoms with van der Waals surface area (Å²) in [4.78, 5) is 4.20. The molecule has 3 nitrogen and oxygen atoms in total. The lowest BCUT2D eigenvalue weighted by Crippen LogP contribution is -2.62. The Labute approximate surface area is 116 Å². The van der Waals surface area contributed by atoms with Crippen LogP contribution in [0, 0.1) is 12.3 Å². The van der Waals surface area contributed by atoms with Crippen LogP contribution in [-0.4, -0.2) is 23.7 Å². The van der Waals surface area contributed by atoms with Crippen molar-refractivity contribution in [3.05, 3.63) is 29.6 Å². The summed E-state index contributed by atoms with van der Waals surface area (Å²) >= 11 is 0. The highest BCUT2D eigenvalue weighted by Gasteiger charge is 2.50. The molecule has 1 aromatic heterocycles. The highest BCUT2D eigenvalue weighted by molar-refractivity contribution is 5.21. The van der Waals surface area contributed by atoms with Crippen LogP contribution in [0.1, 0.15) is 44.7 Å². The summed E-state index contributed by atoms with van der Waals surface area (Å²) in [5.74, 6) is 0. The molecule has 106 valence electrons. The quantitative estimate of drug-likeness (QED) is 0.855. The zero-order chi connectivity index (χ0) is 13.9. The summed E-state index contributed by atoms with van der Waals surface area (Å²) in [7, 11) is 0. The molecule has 3 unspecified atom stereocenters. The zero-order valence-electron chi connectivity index (χ0n) is 12.6. The average Bonchev–Trinajstić information content (AvgIpc) is 2.42. The second kappa shape index (κ2) is 6.02. The highest BCUT2D eigenvalue weighted by atomic mass is 16.5. The Bertz CT molecular complexity index is 421. The van der Waals surface area contributed by atoms with Crippen LogP contribution < -0.4 is 5.32 Å². The van der Waals surface area contributed by atoms with E-state index in [9.17, 15) is 0 Å². The Kier molecular flexibility index (Phi) is 4.58. The first-order chi connectivity index (χ1) is 9.11. The fourth-order valence-electron chi connectivity index (χ4n) is 2.98. The van der Waals surface area contributed by atoms with Gasteiger partial charge in [0.2, 0.25) is 0 Å². The first-order valence-corrected chi connectivity index (χ1v) is 7.36. The van der Waals surface area contributed by atoms with Crippen LogP contribution in [0.15, 0.2) is 18.5 Å². The fraction of sp³-hybridized carbons (Fsp3) is 0.688. The molecule has 0 bridgehead atoms. The molecule has 1 saturated carbocycles. The van der Waals surface area contributed by atoms with E-state index in [2.05, 4.69) is 44.1 Å². The van der Waals surface area contributed by atoms with Crippen molar-refractivity contribution in [1.29, 1.82) is 0 Å². The molecule has 3 heteroatoms. The monoisotopic (exact) mass is 262 g/mol. The fourth-order valence-corrected chi connectivity index (χ4v) is 2.98. The molecule has 0 spiro atoms. The van der Waals surface area contributed by atoms with Crippen LogP contribution in [0.5, 0.6) is 0 Å². The third kappa shape index (κ3) is 2.82. The van der Waals surface area contributed by atoms with Gasteiger partial charge in [-0.25, -0.2) is 0 Å². The number of aromatic nitrogens is 1. The maximum absolute atomic E-state index is 5.84. The lowest BCUT2D eigenvalue weighted by molar-refractivity contribution is -0.126. The van der Waals surface area contributed by atoms with E-state index in [4.69, 9.17) is 4.74 Å². The standard InChI is InChI=1S/C16H26N2O/c1-5-16(4)14(9-15(16)19-6-2)18-11-13-10-17-8-7-12(13)3/h7-8,10,14-15,18H,5-6,9,11H2,1-4H3. The lowest BCUT2D eigenvalue weighted by atomic mass is 9.61. The minimum atomic E-state index is 0.270. The van der Waals surface area contributed by atoms with Gasteiger partial charge < -0.3 is 10.1 Å². The van der Waals surface area contributed by atoms with Gasteiger partial charge in [0, 0.05) is 37.0 Å². The summed E-state index contributed by atoms with van der Waals surface area (Å²) in [6, 6.07) is 2.62. The molecule has 0 radical (unpaired) electrons. The number of pyridine rings is 1. The molecule has 1 aliphatic rings. The third-order valence-corrected chi connectivity index (χ3v) is 4.80. The van der Waals surface area contributed by atoms with Crippen molar-refractivity contribution in [2.75, 3.05) is 6.61 Å². The van der Waals surface area contributed by atoms with Crippen LogP contribution in [0.4, 0.5) is 0 Å². The minimum Gasteiger partial charge on any atom is -0.378 e. The zero-order valence-corrected chi connectivity index (χ0v) is 12.6. The van der Waals surface area contributed by atoms with Gasteiger partial charge in [-0.1, -0.05) is 13.8 Å². The first kappa shape index (κ1) is 14.5. The minimum absolute atomic E-state index is 0.270. The maximum Gasteiger partial charge on any atom is 0.0658 e. The van der Waals surface area contributed by atoms with E-state index in [0.29, 0.717) is 12.1 Å². The number of hydrogen-bond donors (Lipinski definition) is 1. The summed E-state index contributed by atoms with van der Waals surface area (Å²) in [5, 5.41) is 3.69. The second-order valence-corrected chi connectivity index (χ2v) is 5.77. The molecule has 19 heavy (non-hydrogen) atoms. The largest absolute Gasteiger partial charge is 0.378 e. The Morgan fingerprint density at radius 3 is 2.89 bits per heavy atom. The Morgan fingerprint density at radius 1 is 1.47 bits per heavy atom. The van der Waals surface area contributed by atoms with Gasteiger partial charge in [-0.2, -0.15) is 0 Å². The van der Waals surface area contributed by atoms with Crippen molar-refractivity contribution < 1.29 is 4.74 Å². The Hall–Kier alpha value is -0.930. The third-order valence-electron chi connectivity index (χ3n) is 4.80. The molecule has 0 aromatic carbocycles. The van der Waals surface area contributed by atoms with Crippen LogP contribution in [0.25, 0.3) is 0 Å². The molecule has 3 atom stereocenters. The van der Waals surface area contributed by atoms with Gasteiger partial charge >= 0.3 is 0 Å². The topological polar surface area (TPSA) is 34.1 Å². The van der Waals surface area contributed by atoms with Crippen molar-refractivity contribution >= 4 is 0 Å². The van der Waals surface area contributed by atoms with E-state index >= 15 is 0 Å². The Balaban J connectivity index is 1.92. The van der Waals surface area contributed by atoms with Crippen molar-refractivity contribution in [2.45, 2.75) is 59.2 Å². The van der Waals surface area contributed by atoms with Gasteiger partial charge in [0.15, 0.2) is 0 Å². The SMILES string of the molecule is CCOC1CC(NCc2cnccc2C)C1(C)CC. The molecule has 0 aliphatic heterocycles. The van der Waals surface area contributed by atoms with E-state index < -0.39 is 0 Å². The van der Waals surface area contributed by atoms with E-state index in [1.807, 2.05) is 12.4 Å². The van der Waals surface area contributed by atoms with Gasteiger partial charge in [-0.05, 0) is 43.9 Å². The summed E-state index contributed by atoms with van der Waals surface area (Å²) in [5.41, 5.74) is 2.87. The molecule has 0 saturated heterocycles. The van der Waals surface area contributed by atoms with Crippen LogP contribution in [0.2, 0.25) is 0 Å². The average molecular weight is 262 g/mol. The van der Waals surface area contributed by atoms with Crippen LogP contribution in [-0.2, 0) is 11.3 Å². The van der Waals surface area contributed by atoms with Gasteiger partial charge in [0.25, 0.3) is 0 Å². The highest BCUT2D eigenvalue weighted by Crippen LogP contribution is 2.45. The molecule has 1 aliphatic carbocycles. The van der Waals surface area contributed by atoms with Gasteiger partial charge in [0.05, 0.1) is 6.10 Å². The van der Waals surface area contributed by atoms with E-state index in [0.717, 1.165) is 26.0 Å². The number of nitrogens with one attached hydrogen (secondary N) is 1. The number of nitrogens with zero attached hydrogens (tertiary/aromatic N) is 1. The lowest BCUT2D eigenvalue weighted by Gasteiger charge is -2.53. The van der Waals surface area contributed by atoms with Gasteiger partial charge in [-0.15, -0.1) is 0 Å². The number of aryl methyl sites for hydroxylation is 1. The second-order valence-electron chi connectivity index (χ2n) is 5.77. The van der Waals surface area contributed by atoms with Crippen molar-refractivity contribution in [2.24, 2.45) is 5.41 Å².